The lowest BCUT2D eigenvalue weighted by molar-refractivity contribution is 0.0847. The summed E-state index contributed by atoms with van der Waals surface area (Å²) in [6.45, 7) is 0. The van der Waals surface area contributed by atoms with Crippen molar-refractivity contribution < 1.29 is 18.0 Å². The summed E-state index contributed by atoms with van der Waals surface area (Å²) in [6, 6.07) is 20.1. The number of hydrazine groups is 1. The van der Waals surface area contributed by atoms with Crippen LogP contribution in [0.2, 0.25) is 0 Å². The van der Waals surface area contributed by atoms with Gasteiger partial charge in [-0.2, -0.15) is 0 Å². The predicted octanol–water partition coefficient (Wildman–Crippen LogP) is 2.74. The minimum atomic E-state index is -3.49. The number of hydrogen-bond acceptors (Lipinski definition) is 6. The third kappa shape index (κ3) is 5.31. The number of rotatable bonds is 5. The van der Waals surface area contributed by atoms with E-state index in [1.165, 1.54) is 24.3 Å². The summed E-state index contributed by atoms with van der Waals surface area (Å²) in [6.07, 6.45) is 2.65. The zero-order chi connectivity index (χ0) is 23.4. The van der Waals surface area contributed by atoms with Crippen LogP contribution < -0.4 is 15.6 Å². The Morgan fingerprint density at radius 1 is 0.818 bits per heavy atom. The zero-order valence-electron chi connectivity index (χ0n) is 17.4. The van der Waals surface area contributed by atoms with Crippen LogP contribution >= 0.6 is 0 Å². The number of carbonyl (C=O) groups excluding carboxylic acids is 2. The predicted molar refractivity (Wildman–Crippen MR) is 125 cm³/mol. The first-order valence-electron chi connectivity index (χ1n) is 9.80. The van der Waals surface area contributed by atoms with Gasteiger partial charge in [0.05, 0.1) is 28.7 Å². The van der Waals surface area contributed by atoms with Crippen LogP contribution in [-0.4, -0.2) is 36.5 Å². The molecule has 0 bridgehead atoms. The molecule has 3 N–H and O–H groups in total. The number of amides is 2. The normalized spacial score (nSPS) is 11.1. The number of fused-ring (bicyclic) bond motifs is 1. The first-order chi connectivity index (χ1) is 15.8. The molecule has 33 heavy (non-hydrogen) atoms. The van der Waals surface area contributed by atoms with Crippen molar-refractivity contribution in [3.63, 3.8) is 0 Å². The van der Waals surface area contributed by atoms with Gasteiger partial charge in [0.1, 0.15) is 0 Å². The maximum atomic E-state index is 13.0. The molecule has 2 amide bonds. The van der Waals surface area contributed by atoms with E-state index in [1.54, 1.807) is 42.6 Å². The second-order valence-electron chi connectivity index (χ2n) is 7.15. The van der Waals surface area contributed by atoms with E-state index in [0.29, 0.717) is 27.9 Å². The van der Waals surface area contributed by atoms with E-state index in [0.717, 1.165) is 6.26 Å². The van der Waals surface area contributed by atoms with E-state index >= 15 is 0 Å². The van der Waals surface area contributed by atoms with Crippen molar-refractivity contribution >= 4 is 38.4 Å². The Morgan fingerprint density at radius 3 is 2.33 bits per heavy atom. The maximum absolute atomic E-state index is 13.0. The number of sulfonamides is 1. The molecule has 0 atom stereocenters. The quantitative estimate of drug-likeness (QED) is 0.392. The highest BCUT2D eigenvalue weighted by atomic mass is 32.2. The lowest BCUT2D eigenvalue weighted by Gasteiger charge is -2.12. The molecule has 10 heteroatoms. The molecule has 9 nitrogen and oxygen atoms in total. The summed E-state index contributed by atoms with van der Waals surface area (Å²) in [7, 11) is -3.49. The molecular formula is C23H19N5O4S. The van der Waals surface area contributed by atoms with Crippen molar-refractivity contribution in [2.75, 3.05) is 11.0 Å². The Balaban J connectivity index is 1.57. The summed E-state index contributed by atoms with van der Waals surface area (Å²) < 4.78 is 25.1. The number of nitrogens with one attached hydrogen (secondary N) is 3. The summed E-state index contributed by atoms with van der Waals surface area (Å²) in [4.78, 5) is 34.4. The monoisotopic (exact) mass is 461 g/mol. The van der Waals surface area contributed by atoms with Gasteiger partial charge < -0.3 is 0 Å². The van der Waals surface area contributed by atoms with Gasteiger partial charge >= 0.3 is 0 Å². The third-order valence-electron chi connectivity index (χ3n) is 4.61. The van der Waals surface area contributed by atoms with Crippen LogP contribution in [0.15, 0.2) is 79.0 Å². The number of aromatic nitrogens is 2. The largest absolute Gasteiger partial charge is 0.284 e. The number of hydrogen-bond donors (Lipinski definition) is 3. The van der Waals surface area contributed by atoms with Crippen LogP contribution in [-0.2, 0) is 10.0 Å². The van der Waals surface area contributed by atoms with Crippen molar-refractivity contribution in [2.45, 2.75) is 0 Å². The highest BCUT2D eigenvalue weighted by Crippen LogP contribution is 2.23. The molecule has 0 unspecified atom stereocenters. The zero-order valence-corrected chi connectivity index (χ0v) is 18.3. The molecule has 2 heterocycles. The number of para-hydroxylation sites is 1. The number of anilines is 1. The average molecular weight is 462 g/mol. The summed E-state index contributed by atoms with van der Waals surface area (Å²) in [5.41, 5.74) is 7.22. The minimum absolute atomic E-state index is 0.165. The first kappa shape index (κ1) is 21.9. The molecule has 4 aromatic rings. The number of pyridine rings is 2. The molecule has 0 aliphatic rings. The van der Waals surface area contributed by atoms with Crippen molar-refractivity contribution in [1.29, 1.82) is 0 Å². The fourth-order valence-corrected chi connectivity index (χ4v) is 3.75. The van der Waals surface area contributed by atoms with Crippen molar-refractivity contribution in [3.8, 4) is 11.4 Å². The van der Waals surface area contributed by atoms with Crippen LogP contribution in [0.25, 0.3) is 22.3 Å². The number of nitrogens with zero attached hydrogens (tertiary/aromatic N) is 2. The fraction of sp³-hybridized carbons (Fsp3) is 0.0435. The first-order valence-corrected chi connectivity index (χ1v) is 11.7. The third-order valence-corrected chi connectivity index (χ3v) is 5.21. The lowest BCUT2D eigenvalue weighted by Crippen LogP contribution is -2.41. The van der Waals surface area contributed by atoms with Crippen LogP contribution in [0, 0.1) is 0 Å². The van der Waals surface area contributed by atoms with E-state index in [-0.39, 0.29) is 11.3 Å². The molecule has 166 valence electrons. The molecule has 0 radical (unpaired) electrons. The van der Waals surface area contributed by atoms with Crippen LogP contribution in [0.4, 0.5) is 5.69 Å². The summed E-state index contributed by atoms with van der Waals surface area (Å²) in [5, 5.41) is 0.614. The van der Waals surface area contributed by atoms with Gasteiger partial charge in [-0.05, 0) is 42.5 Å². The van der Waals surface area contributed by atoms with Gasteiger partial charge in [0, 0.05) is 22.8 Å². The number of benzene rings is 2. The molecule has 2 aromatic carbocycles. The van der Waals surface area contributed by atoms with Gasteiger partial charge in [0.15, 0.2) is 0 Å². The Bertz CT molecular complexity index is 1460. The van der Waals surface area contributed by atoms with E-state index in [1.807, 2.05) is 12.1 Å². The summed E-state index contributed by atoms with van der Waals surface area (Å²) >= 11 is 0. The van der Waals surface area contributed by atoms with Crippen molar-refractivity contribution in [2.24, 2.45) is 0 Å². The highest BCUT2D eigenvalue weighted by molar-refractivity contribution is 7.92. The molecule has 2 aromatic heterocycles. The van der Waals surface area contributed by atoms with Gasteiger partial charge in [0.25, 0.3) is 11.8 Å². The van der Waals surface area contributed by atoms with E-state index in [2.05, 4.69) is 25.5 Å². The second kappa shape index (κ2) is 9.05. The molecular weight excluding hydrogens is 442 g/mol. The van der Waals surface area contributed by atoms with Crippen molar-refractivity contribution in [1.82, 2.24) is 20.8 Å². The van der Waals surface area contributed by atoms with E-state index in [4.69, 9.17) is 0 Å². The maximum Gasteiger partial charge on any atom is 0.270 e. The molecule has 0 saturated carbocycles. The smallest absolute Gasteiger partial charge is 0.270 e. The fourth-order valence-electron chi connectivity index (χ4n) is 3.20. The number of carbonyl (C=O) groups is 2. The van der Waals surface area contributed by atoms with Gasteiger partial charge in [0.2, 0.25) is 10.0 Å². The lowest BCUT2D eigenvalue weighted by atomic mass is 10.1. The van der Waals surface area contributed by atoms with Gasteiger partial charge in [-0.15, -0.1) is 0 Å². The molecule has 0 spiro atoms. The Labute approximate surface area is 189 Å². The SMILES string of the molecule is CS(=O)(=O)Nc1cccc(C(=O)NNC(=O)c2cc(-c3ccccn3)nc3ccccc23)c1. The molecule has 0 aliphatic carbocycles. The van der Waals surface area contributed by atoms with E-state index in [9.17, 15) is 18.0 Å². The second-order valence-corrected chi connectivity index (χ2v) is 8.90. The molecule has 0 saturated heterocycles. The minimum Gasteiger partial charge on any atom is -0.284 e. The highest BCUT2D eigenvalue weighted by Gasteiger charge is 2.16. The summed E-state index contributed by atoms with van der Waals surface area (Å²) in [5.74, 6) is -1.15. The van der Waals surface area contributed by atoms with Crippen LogP contribution in [0.5, 0.6) is 0 Å². The van der Waals surface area contributed by atoms with Crippen LogP contribution in [0.3, 0.4) is 0 Å². The molecule has 0 aliphatic heterocycles. The average Bonchev–Trinajstić information content (AvgIpc) is 2.81. The Morgan fingerprint density at radius 2 is 1.58 bits per heavy atom. The van der Waals surface area contributed by atoms with Crippen molar-refractivity contribution in [3.05, 3.63) is 90.1 Å². The topological polar surface area (TPSA) is 130 Å². The Hall–Kier alpha value is -4.31. The molecule has 0 fully saturated rings. The van der Waals surface area contributed by atoms with E-state index < -0.39 is 21.8 Å². The van der Waals surface area contributed by atoms with Gasteiger partial charge in [-0.1, -0.05) is 30.3 Å². The van der Waals surface area contributed by atoms with Gasteiger partial charge in [-0.25, -0.2) is 13.4 Å². The standard InChI is InChI=1S/C23H19N5O4S/c1-33(31,32)28-16-8-6-7-15(13-16)22(29)26-27-23(30)18-14-21(20-11-4-5-12-24-20)25-19-10-3-2-9-17(18)19/h2-14,28H,1H3,(H,26,29)(H,27,30). The van der Waals surface area contributed by atoms with Gasteiger partial charge in [-0.3, -0.25) is 30.1 Å². The Kier molecular flexibility index (Phi) is 6.01. The molecule has 4 rings (SSSR count). The van der Waals surface area contributed by atoms with Crippen LogP contribution in [0.1, 0.15) is 20.7 Å².